The highest BCUT2D eigenvalue weighted by molar-refractivity contribution is 7.87. The van der Waals surface area contributed by atoms with Crippen LogP contribution in [0.2, 0.25) is 5.02 Å². The number of aryl methyl sites for hydroxylation is 3. The van der Waals surface area contributed by atoms with Gasteiger partial charge in [-0.05, 0) is 62.1 Å². The Bertz CT molecular complexity index is 1090. The molecule has 0 saturated carbocycles. The monoisotopic (exact) mass is 418 g/mol. The summed E-state index contributed by atoms with van der Waals surface area (Å²) in [6, 6.07) is 12.3. The van der Waals surface area contributed by atoms with Crippen LogP contribution in [-0.2, 0) is 10.1 Å². The first-order valence-electron chi connectivity index (χ1n) is 8.96. The highest BCUT2D eigenvalue weighted by Gasteiger charge is 2.25. The van der Waals surface area contributed by atoms with Gasteiger partial charge in [0.05, 0.1) is 11.4 Å². The van der Waals surface area contributed by atoms with Gasteiger partial charge in [-0.2, -0.15) is 18.2 Å². The van der Waals surface area contributed by atoms with E-state index in [-0.39, 0.29) is 16.7 Å². The molecule has 28 heavy (non-hydrogen) atoms. The van der Waals surface area contributed by atoms with Crippen LogP contribution in [0.3, 0.4) is 0 Å². The molecule has 2 aromatic carbocycles. The van der Waals surface area contributed by atoms with Crippen molar-refractivity contribution in [3.8, 4) is 11.6 Å². The van der Waals surface area contributed by atoms with Crippen LogP contribution in [0, 0.1) is 20.8 Å². The maximum absolute atomic E-state index is 13.1. The molecule has 0 spiro atoms. The molecule has 148 valence electrons. The molecule has 0 aliphatic heterocycles. The first-order valence-corrected chi connectivity index (χ1v) is 10.8. The topological polar surface area (TPSA) is 61.2 Å². The van der Waals surface area contributed by atoms with Gasteiger partial charge in [-0.3, -0.25) is 0 Å². The van der Waals surface area contributed by atoms with Gasteiger partial charge in [-0.1, -0.05) is 43.1 Å². The molecule has 7 heteroatoms. The van der Waals surface area contributed by atoms with E-state index in [1.165, 1.54) is 4.68 Å². The van der Waals surface area contributed by atoms with Gasteiger partial charge < -0.3 is 4.18 Å². The summed E-state index contributed by atoms with van der Waals surface area (Å²) in [5.74, 6) is 0.256. The zero-order chi connectivity index (χ0) is 20.6. The number of halogens is 1. The lowest BCUT2D eigenvalue weighted by Crippen LogP contribution is -2.15. The smallest absolute Gasteiger partial charge is 0.341 e. The molecule has 1 heterocycles. The Labute approximate surface area is 171 Å². The third-order valence-electron chi connectivity index (χ3n) is 4.41. The predicted octanol–water partition coefficient (Wildman–Crippen LogP) is 5.34. The first-order chi connectivity index (χ1) is 13.1. The summed E-state index contributed by atoms with van der Waals surface area (Å²) < 4.78 is 33.2. The van der Waals surface area contributed by atoms with Crippen molar-refractivity contribution < 1.29 is 12.6 Å². The summed E-state index contributed by atoms with van der Waals surface area (Å²) in [5.41, 5.74) is 3.71. The average molecular weight is 419 g/mol. The van der Waals surface area contributed by atoms with Gasteiger partial charge in [-0.25, -0.2) is 0 Å². The minimum absolute atomic E-state index is 0.112. The molecule has 3 aromatic rings. The highest BCUT2D eigenvalue weighted by atomic mass is 35.5. The molecule has 0 aliphatic carbocycles. The van der Waals surface area contributed by atoms with E-state index in [1.54, 1.807) is 44.2 Å². The summed E-state index contributed by atoms with van der Waals surface area (Å²) in [7, 11) is -4.03. The van der Waals surface area contributed by atoms with Crippen LogP contribution in [0.15, 0.2) is 47.4 Å². The molecular weight excluding hydrogens is 396 g/mol. The average Bonchev–Trinajstić information content (AvgIpc) is 2.97. The first kappa shape index (κ1) is 20.4. The van der Waals surface area contributed by atoms with Crippen molar-refractivity contribution in [2.75, 3.05) is 0 Å². The fourth-order valence-corrected chi connectivity index (χ4v) is 4.66. The second kappa shape index (κ2) is 7.60. The van der Waals surface area contributed by atoms with Crippen LogP contribution in [0.25, 0.3) is 5.69 Å². The Morgan fingerprint density at radius 1 is 1.00 bits per heavy atom. The van der Waals surface area contributed by atoms with Crippen molar-refractivity contribution in [1.29, 1.82) is 0 Å². The number of nitrogens with zero attached hydrogens (tertiary/aromatic N) is 2. The fraction of sp³-hybridized carbons (Fsp3) is 0.286. The third-order valence-corrected chi connectivity index (χ3v) is 6.19. The van der Waals surface area contributed by atoms with Crippen LogP contribution in [-0.4, -0.2) is 18.2 Å². The SMILES string of the molecule is Cc1cc(C)c(S(=O)(=O)Oc2cc(C(C)C)nn2-c2ccc(Cl)cc2)c(C)c1. The van der Waals surface area contributed by atoms with E-state index in [9.17, 15) is 8.42 Å². The maximum atomic E-state index is 13.1. The Morgan fingerprint density at radius 3 is 2.11 bits per heavy atom. The van der Waals surface area contributed by atoms with E-state index in [1.807, 2.05) is 32.9 Å². The normalized spacial score (nSPS) is 11.8. The number of rotatable bonds is 5. The molecule has 0 radical (unpaired) electrons. The van der Waals surface area contributed by atoms with Crippen LogP contribution in [0.1, 0.15) is 42.1 Å². The molecule has 1 aromatic heterocycles. The van der Waals surface area contributed by atoms with E-state index in [0.29, 0.717) is 21.8 Å². The van der Waals surface area contributed by atoms with E-state index >= 15 is 0 Å². The minimum atomic E-state index is -4.03. The van der Waals surface area contributed by atoms with Crippen molar-refractivity contribution in [3.05, 3.63) is 69.9 Å². The number of hydrogen-bond acceptors (Lipinski definition) is 4. The molecule has 0 aliphatic rings. The molecule has 3 rings (SSSR count). The zero-order valence-electron chi connectivity index (χ0n) is 16.5. The molecule has 5 nitrogen and oxygen atoms in total. The van der Waals surface area contributed by atoms with Crippen LogP contribution >= 0.6 is 11.6 Å². The Hall–Kier alpha value is -2.31. The third kappa shape index (κ3) is 4.08. The minimum Gasteiger partial charge on any atom is -0.358 e. The lowest BCUT2D eigenvalue weighted by Gasteiger charge is -2.13. The number of hydrogen-bond donors (Lipinski definition) is 0. The van der Waals surface area contributed by atoms with E-state index in [4.69, 9.17) is 15.8 Å². The summed E-state index contributed by atoms with van der Waals surface area (Å²) in [6.07, 6.45) is 0. The molecule has 0 fully saturated rings. The molecule has 0 N–H and O–H groups in total. The second-order valence-corrected chi connectivity index (χ2v) is 9.14. The molecule has 0 unspecified atom stereocenters. The Morgan fingerprint density at radius 2 is 1.57 bits per heavy atom. The Kier molecular flexibility index (Phi) is 5.55. The van der Waals surface area contributed by atoms with Crippen LogP contribution in [0.4, 0.5) is 0 Å². The summed E-state index contributed by atoms with van der Waals surface area (Å²) in [5, 5.41) is 5.11. The lowest BCUT2D eigenvalue weighted by molar-refractivity contribution is 0.464. The molecule has 0 bridgehead atoms. The van der Waals surface area contributed by atoms with Crippen molar-refractivity contribution in [3.63, 3.8) is 0 Å². The lowest BCUT2D eigenvalue weighted by atomic mass is 10.1. The quantitative estimate of drug-likeness (QED) is 0.524. The van der Waals surface area contributed by atoms with Crippen molar-refractivity contribution in [2.24, 2.45) is 0 Å². The van der Waals surface area contributed by atoms with Gasteiger partial charge in [0.15, 0.2) is 0 Å². The fourth-order valence-electron chi connectivity index (χ4n) is 3.21. The number of aromatic nitrogens is 2. The summed E-state index contributed by atoms with van der Waals surface area (Å²) in [6.45, 7) is 9.45. The largest absolute Gasteiger partial charge is 0.358 e. The van der Waals surface area contributed by atoms with Gasteiger partial charge >= 0.3 is 10.1 Å². The van der Waals surface area contributed by atoms with Gasteiger partial charge in [0.1, 0.15) is 4.90 Å². The van der Waals surface area contributed by atoms with Gasteiger partial charge in [0.25, 0.3) is 0 Å². The van der Waals surface area contributed by atoms with Crippen molar-refractivity contribution in [1.82, 2.24) is 9.78 Å². The molecule has 0 amide bonds. The summed E-state index contributed by atoms with van der Waals surface area (Å²) in [4.78, 5) is 0.188. The summed E-state index contributed by atoms with van der Waals surface area (Å²) >= 11 is 5.97. The van der Waals surface area contributed by atoms with E-state index in [2.05, 4.69) is 5.10 Å². The molecule has 0 atom stereocenters. The standard InChI is InChI=1S/C21H23ClN2O3S/c1-13(2)19-12-20(24(23-19)18-8-6-17(22)7-9-18)27-28(25,26)21-15(4)10-14(3)11-16(21)5/h6-13H,1-5H3. The second-order valence-electron chi connectivity index (χ2n) is 7.22. The Balaban J connectivity index is 2.10. The van der Waals surface area contributed by atoms with Gasteiger partial charge in [-0.15, -0.1) is 0 Å². The molecular formula is C21H23ClN2O3S. The van der Waals surface area contributed by atoms with Gasteiger partial charge in [0.2, 0.25) is 5.88 Å². The van der Waals surface area contributed by atoms with Crippen molar-refractivity contribution in [2.45, 2.75) is 45.4 Å². The van der Waals surface area contributed by atoms with E-state index in [0.717, 1.165) is 11.3 Å². The predicted molar refractivity (Wildman–Crippen MR) is 111 cm³/mol. The number of benzene rings is 2. The maximum Gasteiger partial charge on any atom is 0.341 e. The highest BCUT2D eigenvalue weighted by Crippen LogP contribution is 2.29. The van der Waals surface area contributed by atoms with Crippen LogP contribution < -0.4 is 4.18 Å². The van der Waals surface area contributed by atoms with Crippen molar-refractivity contribution >= 4 is 21.7 Å². The van der Waals surface area contributed by atoms with E-state index < -0.39 is 10.1 Å². The van der Waals surface area contributed by atoms with Crippen LogP contribution in [0.5, 0.6) is 5.88 Å². The van der Waals surface area contributed by atoms with Gasteiger partial charge in [0, 0.05) is 11.1 Å². The molecule has 0 saturated heterocycles. The zero-order valence-corrected chi connectivity index (χ0v) is 18.1.